The maximum Gasteiger partial charge on any atom is 0.250 e. The van der Waals surface area contributed by atoms with Crippen LogP contribution in [0.3, 0.4) is 0 Å². The number of ether oxygens (including phenoxy) is 1. The van der Waals surface area contributed by atoms with Crippen molar-refractivity contribution in [1.82, 2.24) is 15.4 Å². The van der Waals surface area contributed by atoms with Crippen molar-refractivity contribution in [2.45, 2.75) is 30.7 Å². The molecule has 8 heteroatoms. The molecule has 1 aliphatic rings. The van der Waals surface area contributed by atoms with E-state index < -0.39 is 0 Å². The van der Waals surface area contributed by atoms with E-state index in [1.54, 1.807) is 31.0 Å². The summed E-state index contributed by atoms with van der Waals surface area (Å²) >= 11 is 3.20. The van der Waals surface area contributed by atoms with Crippen LogP contribution in [0.25, 0.3) is 10.2 Å². The molecule has 6 nitrogen and oxygen atoms in total. The monoisotopic (exact) mass is 412 g/mol. The maximum atomic E-state index is 12.2. The minimum absolute atomic E-state index is 0.161. The predicted molar refractivity (Wildman–Crippen MR) is 114 cm³/mol. The topological polar surface area (TPSA) is 76.5 Å². The number of hydrogen-bond donors (Lipinski definition) is 1. The molecule has 144 valence electrons. The Morgan fingerprint density at radius 1 is 1.29 bits per heavy atom. The predicted octanol–water partition coefficient (Wildman–Crippen LogP) is 3.82. The van der Waals surface area contributed by atoms with Crippen molar-refractivity contribution in [3.63, 3.8) is 0 Å². The maximum absolute atomic E-state index is 12.2. The Morgan fingerprint density at radius 3 is 2.93 bits per heavy atom. The van der Waals surface area contributed by atoms with Crippen molar-refractivity contribution in [1.29, 1.82) is 0 Å². The molecule has 0 spiro atoms. The summed E-state index contributed by atoms with van der Waals surface area (Å²) in [5, 5.41) is 6.05. The number of hydrogen-bond acceptors (Lipinski definition) is 7. The standard InChI is InChI=1S/C20H20N4O2S2/c1-26-14-8-6-13(7-9-14)10-23-24-17(25)11-27-19-18-15-4-2-3-5-16(15)28-20(18)22-12-21-19/h6-10,12H,2-5,11H2,1H3,(H,24,25)/b23-10+. The zero-order valence-corrected chi connectivity index (χ0v) is 17.1. The number of amides is 1. The molecule has 4 rings (SSSR count). The molecule has 2 heterocycles. The van der Waals surface area contributed by atoms with Gasteiger partial charge >= 0.3 is 0 Å². The number of nitrogens with one attached hydrogen (secondary N) is 1. The Morgan fingerprint density at radius 2 is 2.11 bits per heavy atom. The van der Waals surface area contributed by atoms with Gasteiger partial charge in [-0.25, -0.2) is 15.4 Å². The van der Waals surface area contributed by atoms with E-state index in [-0.39, 0.29) is 11.7 Å². The molecule has 1 N–H and O–H groups in total. The average Bonchev–Trinajstić information content (AvgIpc) is 3.12. The largest absolute Gasteiger partial charge is 0.497 e. The number of hydrazone groups is 1. The summed E-state index contributed by atoms with van der Waals surface area (Å²) in [7, 11) is 1.62. The summed E-state index contributed by atoms with van der Waals surface area (Å²) in [4.78, 5) is 23.5. The van der Waals surface area contributed by atoms with Crippen molar-refractivity contribution >= 4 is 45.4 Å². The van der Waals surface area contributed by atoms with Crippen LogP contribution in [-0.4, -0.2) is 35.0 Å². The fraction of sp³-hybridized carbons (Fsp3) is 0.300. The van der Waals surface area contributed by atoms with Gasteiger partial charge in [0, 0.05) is 10.3 Å². The van der Waals surface area contributed by atoms with E-state index in [2.05, 4.69) is 20.5 Å². The van der Waals surface area contributed by atoms with Gasteiger partial charge in [0.15, 0.2) is 0 Å². The van der Waals surface area contributed by atoms with Crippen LogP contribution in [-0.2, 0) is 17.6 Å². The van der Waals surface area contributed by atoms with Gasteiger partial charge in [0.2, 0.25) is 5.91 Å². The van der Waals surface area contributed by atoms with Crippen molar-refractivity contribution in [3.8, 4) is 5.75 Å². The number of fused-ring (bicyclic) bond motifs is 3. The fourth-order valence-electron chi connectivity index (χ4n) is 3.21. The summed E-state index contributed by atoms with van der Waals surface area (Å²) in [5.74, 6) is 0.881. The van der Waals surface area contributed by atoms with Crippen molar-refractivity contribution < 1.29 is 9.53 Å². The third-order valence-corrected chi connectivity index (χ3v) is 6.76. The number of benzene rings is 1. The highest BCUT2D eigenvalue weighted by atomic mass is 32.2. The minimum Gasteiger partial charge on any atom is -0.497 e. The van der Waals surface area contributed by atoms with Gasteiger partial charge in [-0.2, -0.15) is 5.10 Å². The molecule has 0 unspecified atom stereocenters. The van der Waals surface area contributed by atoms with Crippen molar-refractivity contribution in [3.05, 3.63) is 46.6 Å². The first-order valence-electron chi connectivity index (χ1n) is 9.08. The molecular weight excluding hydrogens is 392 g/mol. The Kier molecular flexibility index (Phi) is 5.87. The van der Waals surface area contributed by atoms with Crippen LogP contribution in [0.15, 0.2) is 40.7 Å². The highest BCUT2D eigenvalue weighted by Crippen LogP contribution is 2.39. The molecule has 3 aromatic rings. The van der Waals surface area contributed by atoms with Gasteiger partial charge < -0.3 is 4.74 Å². The Bertz CT molecular complexity index is 1010. The van der Waals surface area contributed by atoms with E-state index in [0.29, 0.717) is 0 Å². The molecule has 0 saturated heterocycles. The molecule has 2 aromatic heterocycles. The fourth-order valence-corrected chi connectivity index (χ4v) is 5.32. The zero-order valence-electron chi connectivity index (χ0n) is 15.5. The molecule has 0 bridgehead atoms. The van der Waals surface area contributed by atoms with E-state index >= 15 is 0 Å². The number of rotatable bonds is 6. The van der Waals surface area contributed by atoms with Crippen LogP contribution >= 0.6 is 23.1 Å². The smallest absolute Gasteiger partial charge is 0.250 e. The van der Waals surface area contributed by atoms with Gasteiger partial charge in [-0.1, -0.05) is 11.8 Å². The summed E-state index contributed by atoms with van der Waals surface area (Å²) < 4.78 is 5.12. The zero-order chi connectivity index (χ0) is 19.3. The molecule has 0 radical (unpaired) electrons. The Labute approximate surface area is 171 Å². The van der Waals surface area contributed by atoms with Gasteiger partial charge in [-0.15, -0.1) is 11.3 Å². The minimum atomic E-state index is -0.161. The average molecular weight is 413 g/mol. The summed E-state index contributed by atoms with van der Waals surface area (Å²) in [5.41, 5.74) is 4.84. The number of thioether (sulfide) groups is 1. The molecule has 1 aromatic carbocycles. The first kappa shape index (κ1) is 18.9. The van der Waals surface area contributed by atoms with Gasteiger partial charge in [0.25, 0.3) is 0 Å². The lowest BCUT2D eigenvalue weighted by molar-refractivity contribution is -0.118. The third-order valence-electron chi connectivity index (χ3n) is 4.58. The normalized spacial score (nSPS) is 13.6. The van der Waals surface area contributed by atoms with Crippen LogP contribution in [0.5, 0.6) is 5.75 Å². The highest BCUT2D eigenvalue weighted by Gasteiger charge is 2.20. The number of carbonyl (C=O) groups is 1. The molecular formula is C20H20N4O2S2. The Hall–Kier alpha value is -2.45. The number of methoxy groups -OCH3 is 1. The Balaban J connectivity index is 1.38. The SMILES string of the molecule is COc1ccc(/C=N/NC(=O)CSc2ncnc3sc4c(c23)CCCC4)cc1. The number of nitrogens with zero attached hydrogens (tertiary/aromatic N) is 3. The number of thiophene rings is 1. The summed E-state index contributed by atoms with van der Waals surface area (Å²) in [6.07, 6.45) is 7.85. The van der Waals surface area contributed by atoms with Gasteiger partial charge in [0.1, 0.15) is 21.9 Å². The molecule has 1 amide bonds. The second-order valence-corrected chi connectivity index (χ2v) is 8.47. The lowest BCUT2D eigenvalue weighted by Gasteiger charge is -2.11. The van der Waals surface area contributed by atoms with E-state index in [0.717, 1.165) is 39.4 Å². The van der Waals surface area contributed by atoms with Crippen LogP contribution in [0.1, 0.15) is 28.8 Å². The first-order chi connectivity index (χ1) is 13.7. The van der Waals surface area contributed by atoms with Crippen LogP contribution in [0, 0.1) is 0 Å². The quantitative estimate of drug-likeness (QED) is 0.288. The van der Waals surface area contributed by atoms with Crippen LogP contribution < -0.4 is 10.2 Å². The van der Waals surface area contributed by atoms with Crippen LogP contribution in [0.2, 0.25) is 0 Å². The van der Waals surface area contributed by atoms with E-state index in [1.165, 1.54) is 35.0 Å². The lowest BCUT2D eigenvalue weighted by atomic mass is 9.97. The number of aromatic nitrogens is 2. The molecule has 0 aliphatic heterocycles. The first-order valence-corrected chi connectivity index (χ1v) is 10.9. The van der Waals surface area contributed by atoms with Gasteiger partial charge in [-0.05, 0) is 61.1 Å². The van der Waals surface area contributed by atoms with Gasteiger partial charge in [-0.3, -0.25) is 4.79 Å². The second kappa shape index (κ2) is 8.70. The second-order valence-electron chi connectivity index (χ2n) is 6.42. The molecule has 28 heavy (non-hydrogen) atoms. The third kappa shape index (κ3) is 4.18. The van der Waals surface area contributed by atoms with E-state index in [9.17, 15) is 4.79 Å². The lowest BCUT2D eigenvalue weighted by Crippen LogP contribution is -2.19. The summed E-state index contributed by atoms with van der Waals surface area (Å²) in [6, 6.07) is 7.45. The molecule has 0 atom stereocenters. The number of carbonyl (C=O) groups excluding carboxylic acids is 1. The highest BCUT2D eigenvalue weighted by molar-refractivity contribution is 8.00. The molecule has 1 aliphatic carbocycles. The number of aryl methyl sites for hydroxylation is 2. The van der Waals surface area contributed by atoms with Crippen molar-refractivity contribution in [2.75, 3.05) is 12.9 Å². The summed E-state index contributed by atoms with van der Waals surface area (Å²) in [6.45, 7) is 0. The molecule has 0 fully saturated rings. The van der Waals surface area contributed by atoms with Gasteiger partial charge in [0.05, 0.1) is 19.1 Å². The van der Waals surface area contributed by atoms with E-state index in [4.69, 9.17) is 4.74 Å². The van der Waals surface area contributed by atoms with Crippen molar-refractivity contribution in [2.24, 2.45) is 5.10 Å². The van der Waals surface area contributed by atoms with E-state index in [1.807, 2.05) is 24.3 Å². The van der Waals surface area contributed by atoms with Crippen LogP contribution in [0.4, 0.5) is 0 Å². The molecule has 0 saturated carbocycles.